The summed E-state index contributed by atoms with van der Waals surface area (Å²) in [6.07, 6.45) is -0.261. The van der Waals surface area contributed by atoms with Crippen molar-refractivity contribution in [2.75, 3.05) is 4.90 Å². The number of anilines is 1. The van der Waals surface area contributed by atoms with Gasteiger partial charge in [-0.05, 0) is 35.4 Å². The van der Waals surface area contributed by atoms with Gasteiger partial charge in [0.15, 0.2) is 0 Å². The molecule has 3 aromatic carbocycles. The summed E-state index contributed by atoms with van der Waals surface area (Å²) in [5.74, 6) is -0.986. The molecule has 5 heteroatoms. The first-order valence-electron chi connectivity index (χ1n) is 9.02. The number of para-hydroxylation sites is 1. The smallest absolute Gasteiger partial charge is 0.236 e. The van der Waals surface area contributed by atoms with E-state index in [-0.39, 0.29) is 30.6 Å². The summed E-state index contributed by atoms with van der Waals surface area (Å²) >= 11 is 0. The number of hydrogen-bond donors (Lipinski definition) is 1. The Kier molecular flexibility index (Phi) is 6.52. The zero-order chi connectivity index (χ0) is 19.8. The summed E-state index contributed by atoms with van der Waals surface area (Å²) in [7, 11) is 0. The van der Waals surface area contributed by atoms with Gasteiger partial charge in [-0.2, -0.15) is 0 Å². The molecule has 142 valence electrons. The number of halogens is 1. The molecule has 0 saturated carbocycles. The van der Waals surface area contributed by atoms with Crippen molar-refractivity contribution in [3.8, 4) is 0 Å². The predicted octanol–water partition coefficient (Wildman–Crippen LogP) is 4.07. The molecule has 0 radical (unpaired) electrons. The van der Waals surface area contributed by atoms with Crippen LogP contribution in [0.4, 0.5) is 10.1 Å². The van der Waals surface area contributed by atoms with Gasteiger partial charge in [0.1, 0.15) is 12.2 Å². The van der Waals surface area contributed by atoms with Gasteiger partial charge in [0.2, 0.25) is 11.8 Å². The van der Waals surface area contributed by atoms with Crippen LogP contribution in [0, 0.1) is 5.82 Å². The number of amides is 2. The van der Waals surface area contributed by atoms with E-state index in [0.717, 1.165) is 16.8 Å². The molecule has 0 heterocycles. The van der Waals surface area contributed by atoms with Gasteiger partial charge in [0, 0.05) is 12.2 Å². The summed E-state index contributed by atoms with van der Waals surface area (Å²) < 4.78 is 12.9. The molecule has 0 aliphatic carbocycles. The Balaban J connectivity index is 1.65. The van der Waals surface area contributed by atoms with Crippen molar-refractivity contribution in [2.24, 2.45) is 0 Å². The van der Waals surface area contributed by atoms with Crippen molar-refractivity contribution in [1.29, 1.82) is 0 Å². The normalized spacial score (nSPS) is 10.3. The minimum atomic E-state index is -0.372. The SMILES string of the molecule is O=C(CC(=O)N(Cc1ccccc1)c1ccccc1)NCc1ccc(F)cc1. The molecule has 0 spiro atoms. The highest BCUT2D eigenvalue weighted by atomic mass is 19.1. The molecule has 28 heavy (non-hydrogen) atoms. The van der Waals surface area contributed by atoms with Crippen LogP contribution in [0.5, 0.6) is 0 Å². The number of benzene rings is 3. The molecule has 0 unspecified atom stereocenters. The third-order valence-electron chi connectivity index (χ3n) is 4.27. The third kappa shape index (κ3) is 5.51. The number of nitrogens with one attached hydrogen (secondary N) is 1. The highest BCUT2D eigenvalue weighted by molar-refractivity contribution is 6.04. The zero-order valence-corrected chi connectivity index (χ0v) is 15.3. The molecule has 0 atom stereocenters. The van der Waals surface area contributed by atoms with E-state index in [9.17, 15) is 14.0 Å². The molecule has 3 rings (SSSR count). The molecule has 2 amide bonds. The predicted molar refractivity (Wildman–Crippen MR) is 107 cm³/mol. The van der Waals surface area contributed by atoms with Crippen LogP contribution in [-0.4, -0.2) is 11.8 Å². The summed E-state index contributed by atoms with van der Waals surface area (Å²) in [5, 5.41) is 2.71. The number of carbonyl (C=O) groups is 2. The highest BCUT2D eigenvalue weighted by Crippen LogP contribution is 2.18. The van der Waals surface area contributed by atoms with Gasteiger partial charge >= 0.3 is 0 Å². The molecule has 4 nitrogen and oxygen atoms in total. The quantitative estimate of drug-likeness (QED) is 0.632. The van der Waals surface area contributed by atoms with E-state index < -0.39 is 0 Å². The molecule has 0 aliphatic heterocycles. The Morgan fingerprint density at radius 2 is 1.39 bits per heavy atom. The molecule has 3 aromatic rings. The molecule has 0 fully saturated rings. The van der Waals surface area contributed by atoms with E-state index in [4.69, 9.17) is 0 Å². The fourth-order valence-corrected chi connectivity index (χ4v) is 2.80. The Morgan fingerprint density at radius 1 is 0.786 bits per heavy atom. The van der Waals surface area contributed by atoms with Crippen molar-refractivity contribution in [3.63, 3.8) is 0 Å². The Morgan fingerprint density at radius 3 is 2.04 bits per heavy atom. The lowest BCUT2D eigenvalue weighted by atomic mass is 10.1. The Bertz CT molecular complexity index is 912. The van der Waals surface area contributed by atoms with E-state index in [0.29, 0.717) is 6.54 Å². The van der Waals surface area contributed by atoms with Gasteiger partial charge in [0.25, 0.3) is 0 Å². The van der Waals surface area contributed by atoms with Gasteiger partial charge in [-0.25, -0.2) is 4.39 Å². The highest BCUT2D eigenvalue weighted by Gasteiger charge is 2.19. The lowest BCUT2D eigenvalue weighted by Gasteiger charge is -2.23. The van der Waals surface area contributed by atoms with Crippen LogP contribution < -0.4 is 10.2 Å². The Labute approximate surface area is 163 Å². The maximum atomic E-state index is 12.9. The van der Waals surface area contributed by atoms with E-state index in [1.165, 1.54) is 12.1 Å². The van der Waals surface area contributed by atoms with Crippen LogP contribution in [0.3, 0.4) is 0 Å². The standard InChI is InChI=1S/C23H21FN2O2/c24-20-13-11-18(12-14-20)16-25-22(27)15-23(28)26(21-9-5-2-6-10-21)17-19-7-3-1-4-8-19/h1-14H,15-17H2,(H,25,27). The van der Waals surface area contributed by atoms with Crippen LogP contribution >= 0.6 is 0 Å². The lowest BCUT2D eigenvalue weighted by molar-refractivity contribution is -0.128. The molecule has 0 saturated heterocycles. The van der Waals surface area contributed by atoms with E-state index >= 15 is 0 Å². The number of hydrogen-bond acceptors (Lipinski definition) is 2. The van der Waals surface area contributed by atoms with Crippen LogP contribution in [0.1, 0.15) is 17.5 Å². The summed E-state index contributed by atoms with van der Waals surface area (Å²) in [5.41, 5.74) is 2.49. The topological polar surface area (TPSA) is 49.4 Å². The second-order valence-electron chi connectivity index (χ2n) is 6.38. The first-order chi connectivity index (χ1) is 13.6. The molecule has 1 N–H and O–H groups in total. The Hall–Kier alpha value is -3.47. The number of carbonyl (C=O) groups excluding carboxylic acids is 2. The van der Waals surface area contributed by atoms with Crippen molar-refractivity contribution in [2.45, 2.75) is 19.5 Å². The first-order valence-corrected chi connectivity index (χ1v) is 9.02. The third-order valence-corrected chi connectivity index (χ3v) is 4.27. The fourth-order valence-electron chi connectivity index (χ4n) is 2.80. The summed E-state index contributed by atoms with van der Waals surface area (Å²) in [4.78, 5) is 26.7. The van der Waals surface area contributed by atoms with Gasteiger partial charge in [-0.15, -0.1) is 0 Å². The molecular formula is C23H21FN2O2. The van der Waals surface area contributed by atoms with Crippen molar-refractivity contribution < 1.29 is 14.0 Å². The number of nitrogens with zero attached hydrogens (tertiary/aromatic N) is 1. The monoisotopic (exact) mass is 376 g/mol. The van der Waals surface area contributed by atoms with Crippen molar-refractivity contribution >= 4 is 17.5 Å². The molecule has 0 bridgehead atoms. The zero-order valence-electron chi connectivity index (χ0n) is 15.3. The second-order valence-corrected chi connectivity index (χ2v) is 6.38. The van der Waals surface area contributed by atoms with E-state index in [1.54, 1.807) is 17.0 Å². The van der Waals surface area contributed by atoms with Crippen molar-refractivity contribution in [3.05, 3.63) is 102 Å². The van der Waals surface area contributed by atoms with Gasteiger partial charge in [0.05, 0.1) is 6.54 Å². The van der Waals surface area contributed by atoms with Crippen LogP contribution in [0.25, 0.3) is 0 Å². The van der Waals surface area contributed by atoms with Crippen molar-refractivity contribution in [1.82, 2.24) is 5.32 Å². The van der Waals surface area contributed by atoms with E-state index in [1.807, 2.05) is 60.7 Å². The minimum Gasteiger partial charge on any atom is -0.352 e. The maximum Gasteiger partial charge on any atom is 0.236 e. The summed E-state index contributed by atoms with van der Waals surface area (Å²) in [6.45, 7) is 0.630. The average molecular weight is 376 g/mol. The van der Waals surface area contributed by atoms with E-state index in [2.05, 4.69) is 5.32 Å². The molecule has 0 aliphatic rings. The number of rotatable bonds is 7. The van der Waals surface area contributed by atoms with Gasteiger partial charge < -0.3 is 10.2 Å². The fraction of sp³-hybridized carbons (Fsp3) is 0.130. The first kappa shape index (κ1) is 19.3. The maximum absolute atomic E-state index is 12.9. The minimum absolute atomic E-state index is 0.246. The average Bonchev–Trinajstić information content (AvgIpc) is 2.73. The largest absolute Gasteiger partial charge is 0.352 e. The summed E-state index contributed by atoms with van der Waals surface area (Å²) in [6, 6.07) is 24.8. The van der Waals surface area contributed by atoms with Gasteiger partial charge in [-0.1, -0.05) is 60.7 Å². The van der Waals surface area contributed by atoms with Crippen LogP contribution in [0.15, 0.2) is 84.9 Å². The second kappa shape index (κ2) is 9.46. The van der Waals surface area contributed by atoms with Gasteiger partial charge in [-0.3, -0.25) is 9.59 Å². The molecular weight excluding hydrogens is 355 g/mol. The van der Waals surface area contributed by atoms with Crippen LogP contribution in [0.2, 0.25) is 0 Å². The van der Waals surface area contributed by atoms with Crippen LogP contribution in [-0.2, 0) is 22.7 Å². The lowest BCUT2D eigenvalue weighted by Crippen LogP contribution is -2.35. The molecule has 0 aromatic heterocycles.